The number of ether oxygens (including phenoxy) is 2. The van der Waals surface area contributed by atoms with Gasteiger partial charge in [0, 0.05) is 6.54 Å². The van der Waals surface area contributed by atoms with E-state index in [0.717, 1.165) is 4.90 Å². The average molecular weight is 273 g/mol. The van der Waals surface area contributed by atoms with Crippen molar-refractivity contribution >= 4 is 18.0 Å². The van der Waals surface area contributed by atoms with Crippen LogP contribution in [0, 0.1) is 5.92 Å². The molecule has 0 aromatic heterocycles. The third-order valence-corrected chi connectivity index (χ3v) is 2.78. The van der Waals surface area contributed by atoms with E-state index in [0.29, 0.717) is 0 Å². The molecule has 1 N–H and O–H groups in total. The highest BCUT2D eigenvalue weighted by molar-refractivity contribution is 5.88. The van der Waals surface area contributed by atoms with Crippen molar-refractivity contribution in [3.8, 4) is 0 Å². The molecule has 1 amide bonds. The van der Waals surface area contributed by atoms with Crippen LogP contribution in [-0.4, -0.2) is 53.3 Å². The molecule has 19 heavy (non-hydrogen) atoms. The van der Waals surface area contributed by atoms with E-state index >= 15 is 0 Å². The average Bonchev–Trinajstić information content (AvgIpc) is 2.70. The molecule has 0 saturated carbocycles. The number of aliphatic carboxylic acids is 1. The summed E-state index contributed by atoms with van der Waals surface area (Å²) in [5.41, 5.74) is -0.719. The second-order valence-corrected chi connectivity index (χ2v) is 5.38. The molecular weight excluding hydrogens is 254 g/mol. The summed E-state index contributed by atoms with van der Waals surface area (Å²) in [6.45, 7) is 5.23. The first kappa shape index (κ1) is 15.3. The highest BCUT2D eigenvalue weighted by Gasteiger charge is 2.47. The molecule has 7 nitrogen and oxygen atoms in total. The Bertz CT molecular complexity index is 386. The molecule has 0 aromatic carbocycles. The van der Waals surface area contributed by atoms with E-state index in [9.17, 15) is 19.5 Å². The molecule has 0 aliphatic carbocycles. The third-order valence-electron chi connectivity index (χ3n) is 2.78. The van der Waals surface area contributed by atoms with E-state index in [1.54, 1.807) is 20.8 Å². The Labute approximate surface area is 111 Å². The maximum Gasteiger partial charge on any atom is 0.411 e. The normalized spacial score (nSPS) is 23.1. The van der Waals surface area contributed by atoms with Crippen molar-refractivity contribution in [1.29, 1.82) is 0 Å². The van der Waals surface area contributed by atoms with Crippen LogP contribution in [0.2, 0.25) is 0 Å². The Balaban J connectivity index is 2.88. The first-order chi connectivity index (χ1) is 8.67. The standard InChI is InChI=1S/C12H19NO6/c1-12(2,3)19-11(17)13-6-5-7(10(16)18-4)8(13)9(14)15/h7-8H,5-6H2,1-4H3,(H,14,15)/t7-,8+/m0/s1. The molecule has 1 heterocycles. The van der Waals surface area contributed by atoms with Gasteiger partial charge < -0.3 is 14.6 Å². The van der Waals surface area contributed by atoms with Crippen molar-refractivity contribution in [2.75, 3.05) is 13.7 Å². The van der Waals surface area contributed by atoms with Crippen molar-refractivity contribution in [3.05, 3.63) is 0 Å². The summed E-state index contributed by atoms with van der Waals surface area (Å²) in [7, 11) is 1.19. The maximum absolute atomic E-state index is 11.9. The van der Waals surface area contributed by atoms with E-state index in [-0.39, 0.29) is 13.0 Å². The van der Waals surface area contributed by atoms with Crippen LogP contribution < -0.4 is 0 Å². The van der Waals surface area contributed by atoms with E-state index in [1.165, 1.54) is 7.11 Å². The van der Waals surface area contributed by atoms with Gasteiger partial charge in [0.05, 0.1) is 13.0 Å². The molecule has 1 rings (SSSR count). The number of carbonyl (C=O) groups is 3. The molecular formula is C12H19NO6. The minimum atomic E-state index is -1.24. The number of amides is 1. The zero-order valence-corrected chi connectivity index (χ0v) is 11.5. The molecule has 0 aromatic rings. The number of hydrogen-bond donors (Lipinski definition) is 1. The number of carboxylic acid groups (broad SMARTS) is 1. The van der Waals surface area contributed by atoms with Gasteiger partial charge in [0.15, 0.2) is 0 Å². The zero-order valence-electron chi connectivity index (χ0n) is 11.5. The van der Waals surface area contributed by atoms with Gasteiger partial charge in [-0.15, -0.1) is 0 Å². The topological polar surface area (TPSA) is 93.1 Å². The second-order valence-electron chi connectivity index (χ2n) is 5.38. The smallest absolute Gasteiger partial charge is 0.411 e. The van der Waals surface area contributed by atoms with Crippen molar-refractivity contribution in [2.45, 2.75) is 38.8 Å². The lowest BCUT2D eigenvalue weighted by molar-refractivity contribution is -0.153. The molecule has 108 valence electrons. The van der Waals surface area contributed by atoms with Crippen molar-refractivity contribution in [1.82, 2.24) is 4.90 Å². The summed E-state index contributed by atoms with van der Waals surface area (Å²) >= 11 is 0. The van der Waals surface area contributed by atoms with Crippen LogP contribution in [0.5, 0.6) is 0 Å². The summed E-state index contributed by atoms with van der Waals surface area (Å²) in [5, 5.41) is 9.19. The van der Waals surface area contributed by atoms with Crippen LogP contribution in [-0.2, 0) is 19.1 Å². The number of carboxylic acids is 1. The highest BCUT2D eigenvalue weighted by Crippen LogP contribution is 2.27. The highest BCUT2D eigenvalue weighted by atomic mass is 16.6. The van der Waals surface area contributed by atoms with Gasteiger partial charge in [-0.1, -0.05) is 0 Å². The summed E-state index contributed by atoms with van der Waals surface area (Å²) < 4.78 is 9.70. The van der Waals surface area contributed by atoms with E-state index in [2.05, 4.69) is 4.74 Å². The van der Waals surface area contributed by atoms with Gasteiger partial charge in [0.1, 0.15) is 11.6 Å². The summed E-state index contributed by atoms with van der Waals surface area (Å²) in [4.78, 5) is 35.8. The molecule has 1 aliphatic heterocycles. The molecule has 1 saturated heterocycles. The molecule has 0 bridgehead atoms. The van der Waals surface area contributed by atoms with Gasteiger partial charge in [0.2, 0.25) is 0 Å². The fourth-order valence-electron chi connectivity index (χ4n) is 2.02. The Morgan fingerprint density at radius 1 is 1.26 bits per heavy atom. The monoisotopic (exact) mass is 273 g/mol. The van der Waals surface area contributed by atoms with Gasteiger partial charge in [-0.3, -0.25) is 9.69 Å². The van der Waals surface area contributed by atoms with Crippen LogP contribution >= 0.6 is 0 Å². The zero-order chi connectivity index (χ0) is 14.8. The fourth-order valence-corrected chi connectivity index (χ4v) is 2.02. The lowest BCUT2D eigenvalue weighted by Gasteiger charge is -2.27. The lowest BCUT2D eigenvalue weighted by Crippen LogP contribution is -2.47. The fraction of sp³-hybridized carbons (Fsp3) is 0.750. The number of methoxy groups -OCH3 is 1. The van der Waals surface area contributed by atoms with Gasteiger partial charge in [-0.25, -0.2) is 9.59 Å². The van der Waals surface area contributed by atoms with Gasteiger partial charge in [-0.05, 0) is 27.2 Å². The van der Waals surface area contributed by atoms with Crippen molar-refractivity contribution in [3.63, 3.8) is 0 Å². The largest absolute Gasteiger partial charge is 0.480 e. The minimum absolute atomic E-state index is 0.158. The Morgan fingerprint density at radius 2 is 1.84 bits per heavy atom. The Morgan fingerprint density at radius 3 is 2.26 bits per heavy atom. The predicted molar refractivity (Wildman–Crippen MR) is 64.5 cm³/mol. The SMILES string of the molecule is COC(=O)[C@H]1CCN(C(=O)OC(C)(C)C)[C@H]1C(=O)O. The second kappa shape index (κ2) is 5.46. The van der Waals surface area contributed by atoms with Gasteiger partial charge in [-0.2, -0.15) is 0 Å². The lowest BCUT2D eigenvalue weighted by atomic mass is 10.0. The number of likely N-dealkylation sites (tertiary alicyclic amines) is 1. The molecule has 0 spiro atoms. The Kier molecular flexibility index (Phi) is 4.39. The number of carbonyl (C=O) groups excluding carboxylic acids is 2. The summed E-state index contributed by atoms with van der Waals surface area (Å²) in [6, 6.07) is -1.23. The molecule has 2 atom stereocenters. The number of hydrogen-bond acceptors (Lipinski definition) is 5. The molecule has 0 unspecified atom stereocenters. The van der Waals surface area contributed by atoms with E-state index in [1.807, 2.05) is 0 Å². The predicted octanol–water partition coefficient (Wildman–Crippen LogP) is 0.870. The van der Waals surface area contributed by atoms with Crippen LogP contribution in [0.25, 0.3) is 0 Å². The van der Waals surface area contributed by atoms with Crippen molar-refractivity contribution < 1.29 is 29.0 Å². The van der Waals surface area contributed by atoms with Gasteiger partial charge in [0.25, 0.3) is 0 Å². The summed E-state index contributed by atoms with van der Waals surface area (Å²) in [5.74, 6) is -2.72. The van der Waals surface area contributed by atoms with Crippen molar-refractivity contribution in [2.24, 2.45) is 5.92 Å². The molecule has 1 fully saturated rings. The summed E-state index contributed by atoms with van der Waals surface area (Å²) in [6.07, 6.45) is -0.477. The molecule has 1 aliphatic rings. The quantitative estimate of drug-likeness (QED) is 0.750. The molecule has 7 heteroatoms. The van der Waals surface area contributed by atoms with Crippen LogP contribution in [0.4, 0.5) is 4.79 Å². The van der Waals surface area contributed by atoms with Crippen LogP contribution in [0.3, 0.4) is 0 Å². The number of nitrogens with zero attached hydrogens (tertiary/aromatic N) is 1. The molecule has 0 radical (unpaired) electrons. The van der Waals surface area contributed by atoms with E-state index < -0.39 is 35.6 Å². The van der Waals surface area contributed by atoms with Crippen LogP contribution in [0.1, 0.15) is 27.2 Å². The number of esters is 1. The Hall–Kier alpha value is -1.79. The minimum Gasteiger partial charge on any atom is -0.480 e. The maximum atomic E-state index is 11.9. The van der Waals surface area contributed by atoms with E-state index in [4.69, 9.17) is 4.74 Å². The van der Waals surface area contributed by atoms with Crippen LogP contribution in [0.15, 0.2) is 0 Å². The first-order valence-electron chi connectivity index (χ1n) is 5.97. The number of rotatable bonds is 2. The first-order valence-corrected chi connectivity index (χ1v) is 5.97. The third kappa shape index (κ3) is 3.59. The van der Waals surface area contributed by atoms with Gasteiger partial charge >= 0.3 is 18.0 Å².